The average molecular weight is 613 g/mol. The number of aromatic hydroxyl groups is 2. The molecule has 2 atom stereocenters. The molecule has 232 valence electrons. The highest BCUT2D eigenvalue weighted by molar-refractivity contribution is 6.24. The van der Waals surface area contributed by atoms with Gasteiger partial charge in [0.15, 0.2) is 0 Å². The van der Waals surface area contributed by atoms with E-state index in [1.54, 1.807) is 6.92 Å². The zero-order chi connectivity index (χ0) is 33.1. The predicted octanol–water partition coefficient (Wildman–Crippen LogP) is 0.113. The highest BCUT2D eigenvalue weighted by atomic mass is 16.4. The second kappa shape index (κ2) is 12.3. The lowest BCUT2D eigenvalue weighted by molar-refractivity contribution is -0.141. The van der Waals surface area contributed by atoms with Crippen LogP contribution in [0.25, 0.3) is 0 Å². The second-order valence-electron chi connectivity index (χ2n) is 10.5. The molecule has 0 saturated carbocycles. The van der Waals surface area contributed by atoms with Crippen molar-refractivity contribution in [3.8, 4) is 11.5 Å². The number of fused-ring (bicyclic) bond motifs is 1. The van der Waals surface area contributed by atoms with Gasteiger partial charge in [0.2, 0.25) is 17.7 Å². The third-order valence-corrected chi connectivity index (χ3v) is 7.05. The first-order chi connectivity index (χ1) is 20.4. The number of imide groups is 3. The molecule has 44 heavy (non-hydrogen) atoms. The molecule has 6 amide bonds. The van der Waals surface area contributed by atoms with Crippen molar-refractivity contribution >= 4 is 47.4 Å². The number of nitrogens with zero attached hydrogens (tertiary/aromatic N) is 1. The van der Waals surface area contributed by atoms with Gasteiger partial charge in [-0.2, -0.15) is 0 Å². The first-order valence-electron chi connectivity index (χ1n) is 12.9. The van der Waals surface area contributed by atoms with Crippen molar-refractivity contribution < 1.29 is 58.8 Å². The van der Waals surface area contributed by atoms with Crippen molar-refractivity contribution in [2.45, 2.75) is 50.6 Å². The topological polar surface area (TPSA) is 271 Å². The molecule has 3 aliphatic rings. The number of phenols is 2. The van der Waals surface area contributed by atoms with Crippen LogP contribution in [0.5, 0.6) is 11.5 Å². The Balaban J connectivity index is 0.000000197. The zero-order valence-corrected chi connectivity index (χ0v) is 23.4. The van der Waals surface area contributed by atoms with Crippen molar-refractivity contribution in [3.63, 3.8) is 0 Å². The highest BCUT2D eigenvalue weighted by Gasteiger charge is 2.52. The number of carbonyl (C=O) groups is 8. The number of hydrogen-bond acceptors (Lipinski definition) is 11. The third kappa shape index (κ3) is 6.70. The molecule has 2 fully saturated rings. The first-order valence-corrected chi connectivity index (χ1v) is 12.9. The number of carbonyl (C=O) groups excluding carboxylic acids is 6. The van der Waals surface area contributed by atoms with Crippen LogP contribution in [0.2, 0.25) is 0 Å². The lowest BCUT2D eigenvalue weighted by Gasteiger charge is -2.38. The number of benzene rings is 2. The molecule has 2 aromatic rings. The summed E-state index contributed by atoms with van der Waals surface area (Å²) in [4.78, 5) is 91.5. The van der Waals surface area contributed by atoms with Crippen LogP contribution in [0, 0.1) is 0 Å². The Hall–Kier alpha value is -5.64. The van der Waals surface area contributed by atoms with E-state index in [1.807, 2.05) is 0 Å². The predicted molar refractivity (Wildman–Crippen MR) is 146 cm³/mol. The summed E-state index contributed by atoms with van der Waals surface area (Å²) < 4.78 is 0. The van der Waals surface area contributed by atoms with Crippen molar-refractivity contribution in [2.75, 3.05) is 0 Å². The molecular weight excluding hydrogens is 584 g/mol. The SMILES string of the molecule is CC1(N)CCC(=O)NC1=O.CC1(N2C(=O)c3ccc(O)cc3C2=O)CCC(=O)NC1=O.O=C(O)c1ccc(O)cc1C(=O)O. The maximum absolute atomic E-state index is 12.4. The summed E-state index contributed by atoms with van der Waals surface area (Å²) in [5.41, 5.74) is 2.70. The summed E-state index contributed by atoms with van der Waals surface area (Å²) in [5.74, 6) is -6.06. The Morgan fingerprint density at radius 3 is 1.75 bits per heavy atom. The zero-order valence-electron chi connectivity index (χ0n) is 23.4. The van der Waals surface area contributed by atoms with Gasteiger partial charge in [0.05, 0.1) is 27.8 Å². The van der Waals surface area contributed by atoms with E-state index in [2.05, 4.69) is 10.6 Å². The summed E-state index contributed by atoms with van der Waals surface area (Å²) in [6.07, 6.45) is 0.923. The summed E-state index contributed by atoms with van der Waals surface area (Å²) in [6, 6.07) is 6.91. The van der Waals surface area contributed by atoms with Crippen molar-refractivity contribution in [3.05, 3.63) is 58.7 Å². The molecule has 3 heterocycles. The molecule has 0 aromatic heterocycles. The van der Waals surface area contributed by atoms with Crippen LogP contribution in [-0.4, -0.2) is 83.8 Å². The van der Waals surface area contributed by atoms with Gasteiger partial charge in [0.25, 0.3) is 17.7 Å². The van der Waals surface area contributed by atoms with Gasteiger partial charge >= 0.3 is 11.9 Å². The average Bonchev–Trinajstić information content (AvgIpc) is 3.18. The minimum absolute atomic E-state index is 0.0564. The largest absolute Gasteiger partial charge is 0.508 e. The summed E-state index contributed by atoms with van der Waals surface area (Å²) in [7, 11) is 0. The van der Waals surface area contributed by atoms with Gasteiger partial charge in [-0.1, -0.05) is 0 Å². The molecule has 3 aliphatic heterocycles. The van der Waals surface area contributed by atoms with Crippen LogP contribution in [0.3, 0.4) is 0 Å². The van der Waals surface area contributed by atoms with Gasteiger partial charge in [0, 0.05) is 12.8 Å². The molecule has 2 unspecified atom stereocenters. The fourth-order valence-electron chi connectivity index (χ4n) is 4.40. The van der Waals surface area contributed by atoms with E-state index >= 15 is 0 Å². The number of nitrogens with two attached hydrogens (primary N) is 1. The third-order valence-electron chi connectivity index (χ3n) is 7.05. The van der Waals surface area contributed by atoms with Gasteiger partial charge < -0.3 is 26.2 Å². The fraction of sp³-hybridized carbons (Fsp3) is 0.286. The monoisotopic (exact) mass is 612 g/mol. The number of piperidine rings is 2. The summed E-state index contributed by atoms with van der Waals surface area (Å²) in [6.45, 7) is 3.07. The maximum Gasteiger partial charge on any atom is 0.336 e. The van der Waals surface area contributed by atoms with Crippen LogP contribution >= 0.6 is 0 Å². The molecule has 16 heteroatoms. The highest BCUT2D eigenvalue weighted by Crippen LogP contribution is 2.35. The van der Waals surface area contributed by atoms with E-state index in [4.69, 9.17) is 21.1 Å². The standard InChI is InChI=1S/C14H12N2O5.C8H6O5.C6H10N2O2/c1-14(5-4-10(18)15-13(14)21)16-11(19)8-3-2-7(17)6-9(8)12(16)20;9-4-1-2-5(7(10)11)6(3-4)8(12)13;1-6(7)3-2-4(9)8-5(6)10/h2-3,6,17H,4-5H2,1H3,(H,15,18,21);1-3,9H,(H,10,11)(H,12,13);2-3,7H2,1H3,(H,8,9,10). The van der Waals surface area contributed by atoms with Crippen LogP contribution < -0.4 is 16.4 Å². The van der Waals surface area contributed by atoms with Crippen molar-refractivity contribution in [1.82, 2.24) is 15.5 Å². The molecule has 16 nitrogen and oxygen atoms in total. The van der Waals surface area contributed by atoms with E-state index in [1.165, 1.54) is 25.1 Å². The first kappa shape index (κ1) is 32.9. The molecule has 0 aliphatic carbocycles. The summed E-state index contributed by atoms with van der Waals surface area (Å²) in [5, 5.41) is 39.8. The molecule has 0 radical (unpaired) electrons. The van der Waals surface area contributed by atoms with Crippen molar-refractivity contribution in [1.29, 1.82) is 0 Å². The van der Waals surface area contributed by atoms with E-state index in [0.717, 1.165) is 23.1 Å². The normalized spacial score (nSPS) is 22.5. The maximum atomic E-state index is 12.4. The number of nitrogens with one attached hydrogen (secondary N) is 2. The lowest BCUT2D eigenvalue weighted by Crippen LogP contribution is -2.62. The smallest absolute Gasteiger partial charge is 0.336 e. The molecule has 2 aromatic carbocycles. The fourth-order valence-corrected chi connectivity index (χ4v) is 4.40. The quantitative estimate of drug-likeness (QED) is 0.227. The molecule has 8 N–H and O–H groups in total. The van der Waals surface area contributed by atoms with Gasteiger partial charge in [-0.3, -0.25) is 44.3 Å². The molecule has 2 saturated heterocycles. The number of rotatable bonds is 3. The van der Waals surface area contributed by atoms with E-state index in [0.29, 0.717) is 12.8 Å². The second-order valence-corrected chi connectivity index (χ2v) is 10.5. The molecular formula is C28H28N4O12. The van der Waals surface area contributed by atoms with Crippen LogP contribution in [0.15, 0.2) is 36.4 Å². The number of phenolic OH excluding ortho intramolecular Hbond substituents is 2. The van der Waals surface area contributed by atoms with E-state index < -0.39 is 52.2 Å². The molecule has 0 bridgehead atoms. The summed E-state index contributed by atoms with van der Waals surface area (Å²) >= 11 is 0. The van der Waals surface area contributed by atoms with Crippen molar-refractivity contribution in [2.24, 2.45) is 5.73 Å². The number of aromatic carboxylic acids is 2. The van der Waals surface area contributed by atoms with Crippen LogP contribution in [-0.2, 0) is 19.2 Å². The number of carboxylic acids is 2. The Labute approximate surface area is 248 Å². The van der Waals surface area contributed by atoms with Gasteiger partial charge in [0.1, 0.15) is 17.0 Å². The number of hydrogen-bond donors (Lipinski definition) is 7. The van der Waals surface area contributed by atoms with Gasteiger partial charge in [-0.25, -0.2) is 9.59 Å². The van der Waals surface area contributed by atoms with E-state index in [-0.39, 0.29) is 52.8 Å². The molecule has 0 spiro atoms. The van der Waals surface area contributed by atoms with Crippen LogP contribution in [0.4, 0.5) is 0 Å². The Morgan fingerprint density at radius 1 is 0.727 bits per heavy atom. The Bertz CT molecular complexity index is 1620. The minimum Gasteiger partial charge on any atom is -0.508 e. The lowest BCUT2D eigenvalue weighted by atomic mass is 9.89. The number of carboxylic acid groups (broad SMARTS) is 2. The van der Waals surface area contributed by atoms with Gasteiger partial charge in [-0.15, -0.1) is 0 Å². The van der Waals surface area contributed by atoms with Crippen LogP contribution in [0.1, 0.15) is 81.0 Å². The number of amides is 6. The minimum atomic E-state index is -1.41. The Kier molecular flexibility index (Phi) is 9.19. The van der Waals surface area contributed by atoms with E-state index in [9.17, 15) is 43.5 Å². The Morgan fingerprint density at radius 2 is 1.23 bits per heavy atom. The van der Waals surface area contributed by atoms with Gasteiger partial charge in [-0.05, 0) is 63.1 Å². The molecule has 5 rings (SSSR count).